The second kappa shape index (κ2) is 8.02. The second-order valence-electron chi connectivity index (χ2n) is 5.54. The third-order valence-electron chi connectivity index (χ3n) is 3.89. The first kappa shape index (κ1) is 18.3. The highest BCUT2D eigenvalue weighted by Gasteiger charge is 2.39. The van der Waals surface area contributed by atoms with Crippen molar-refractivity contribution in [3.8, 4) is 0 Å². The normalized spacial score (nSPS) is 27.6. The van der Waals surface area contributed by atoms with Crippen molar-refractivity contribution in [2.24, 2.45) is 17.4 Å². The molecule has 2 aliphatic rings. The molecule has 0 aromatic rings. The highest BCUT2D eigenvalue weighted by molar-refractivity contribution is 6.12. The van der Waals surface area contributed by atoms with Gasteiger partial charge < -0.3 is 21.7 Å². The number of carbonyl (C=O) groups is 3. The van der Waals surface area contributed by atoms with Crippen LogP contribution in [-0.2, 0) is 14.4 Å². The van der Waals surface area contributed by atoms with E-state index in [1.807, 2.05) is 0 Å². The van der Waals surface area contributed by atoms with Gasteiger partial charge in [-0.1, -0.05) is 0 Å². The highest BCUT2D eigenvalue weighted by Crippen LogP contribution is 2.31. The summed E-state index contributed by atoms with van der Waals surface area (Å²) in [5, 5.41) is 16.7. The molecule has 1 saturated carbocycles. The van der Waals surface area contributed by atoms with E-state index in [1.165, 1.54) is 17.1 Å². The SMILES string of the molecule is NC1(C(=O)O)CCC(CN2C(=O)C=CC2=O)CC1.NCCO. The van der Waals surface area contributed by atoms with Crippen LogP contribution in [0.4, 0.5) is 0 Å². The van der Waals surface area contributed by atoms with Crippen LogP contribution in [0.15, 0.2) is 12.2 Å². The van der Waals surface area contributed by atoms with Crippen molar-refractivity contribution >= 4 is 17.8 Å². The Morgan fingerprint density at radius 3 is 2.09 bits per heavy atom. The minimum Gasteiger partial charge on any atom is -0.480 e. The summed E-state index contributed by atoms with van der Waals surface area (Å²) in [6.07, 6.45) is 4.54. The number of carboxylic acids is 1. The van der Waals surface area contributed by atoms with E-state index in [9.17, 15) is 14.4 Å². The molecule has 2 rings (SSSR count). The van der Waals surface area contributed by atoms with E-state index >= 15 is 0 Å². The van der Waals surface area contributed by atoms with Crippen LogP contribution in [0.3, 0.4) is 0 Å². The number of aliphatic hydroxyl groups is 1. The molecule has 1 aliphatic heterocycles. The van der Waals surface area contributed by atoms with Gasteiger partial charge in [-0.2, -0.15) is 0 Å². The number of rotatable bonds is 4. The number of amides is 2. The third kappa shape index (κ3) is 4.62. The maximum atomic E-state index is 11.4. The summed E-state index contributed by atoms with van der Waals surface area (Å²) >= 11 is 0. The molecule has 0 unspecified atom stereocenters. The van der Waals surface area contributed by atoms with Gasteiger partial charge in [-0.05, 0) is 31.6 Å². The van der Waals surface area contributed by atoms with E-state index in [0.717, 1.165) is 0 Å². The minimum absolute atomic E-state index is 0.0972. The van der Waals surface area contributed by atoms with Crippen LogP contribution < -0.4 is 11.5 Å². The lowest BCUT2D eigenvalue weighted by atomic mass is 9.77. The first-order chi connectivity index (χ1) is 10.3. The molecule has 0 bridgehead atoms. The van der Waals surface area contributed by atoms with Crippen LogP contribution >= 0.6 is 0 Å². The molecule has 8 nitrogen and oxygen atoms in total. The third-order valence-corrected chi connectivity index (χ3v) is 3.89. The highest BCUT2D eigenvalue weighted by atomic mass is 16.4. The van der Waals surface area contributed by atoms with Crippen LogP contribution in [0, 0.1) is 5.92 Å². The first-order valence-electron chi connectivity index (χ1n) is 7.21. The lowest BCUT2D eigenvalue weighted by Crippen LogP contribution is -2.51. The fourth-order valence-electron chi connectivity index (χ4n) is 2.46. The first-order valence-corrected chi connectivity index (χ1v) is 7.21. The Hall–Kier alpha value is -1.77. The molecular formula is C14H23N3O5. The number of nitrogens with two attached hydrogens (primary N) is 2. The average molecular weight is 313 g/mol. The van der Waals surface area contributed by atoms with Gasteiger partial charge in [0.05, 0.1) is 6.61 Å². The summed E-state index contributed by atoms with van der Waals surface area (Å²) in [6.45, 7) is 0.834. The van der Waals surface area contributed by atoms with Gasteiger partial charge in [0.1, 0.15) is 5.54 Å². The molecule has 1 aliphatic carbocycles. The van der Waals surface area contributed by atoms with E-state index in [0.29, 0.717) is 38.8 Å². The van der Waals surface area contributed by atoms with Gasteiger partial charge in [-0.3, -0.25) is 19.3 Å². The Kier molecular flexibility index (Phi) is 6.66. The molecule has 124 valence electrons. The van der Waals surface area contributed by atoms with E-state index < -0.39 is 11.5 Å². The quantitative estimate of drug-likeness (QED) is 0.478. The molecular weight excluding hydrogens is 290 g/mol. The standard InChI is InChI=1S/C12H16N2O4.C2H7NO/c13-12(11(17)18)5-3-8(4-6-12)7-14-9(15)1-2-10(14)16;3-1-2-4/h1-2,8H,3-7,13H2,(H,17,18);4H,1-3H2. The fraction of sp³-hybridized carbons (Fsp3) is 0.643. The van der Waals surface area contributed by atoms with Crippen molar-refractivity contribution < 1.29 is 24.6 Å². The van der Waals surface area contributed by atoms with E-state index in [2.05, 4.69) is 0 Å². The Morgan fingerprint density at radius 1 is 1.27 bits per heavy atom. The largest absolute Gasteiger partial charge is 0.480 e. The Labute approximate surface area is 128 Å². The molecule has 1 heterocycles. The summed E-state index contributed by atoms with van der Waals surface area (Å²) in [5.74, 6) is -1.41. The predicted octanol–water partition coefficient (Wildman–Crippen LogP) is -1.18. The number of nitrogens with zero attached hydrogens (tertiary/aromatic N) is 1. The zero-order valence-corrected chi connectivity index (χ0v) is 12.4. The number of aliphatic carboxylic acids is 1. The lowest BCUT2D eigenvalue weighted by Gasteiger charge is -2.34. The van der Waals surface area contributed by atoms with E-state index in [1.54, 1.807) is 0 Å². The second-order valence-corrected chi connectivity index (χ2v) is 5.54. The number of imide groups is 1. The van der Waals surface area contributed by atoms with Crippen LogP contribution in [-0.4, -0.2) is 58.1 Å². The molecule has 6 N–H and O–H groups in total. The number of aliphatic hydroxyl groups excluding tert-OH is 1. The average Bonchev–Trinajstić information content (AvgIpc) is 2.81. The topological polar surface area (TPSA) is 147 Å². The van der Waals surface area contributed by atoms with E-state index in [-0.39, 0.29) is 24.3 Å². The monoisotopic (exact) mass is 313 g/mol. The zero-order chi connectivity index (χ0) is 16.8. The summed E-state index contributed by atoms with van der Waals surface area (Å²) < 4.78 is 0. The summed E-state index contributed by atoms with van der Waals surface area (Å²) in [4.78, 5) is 35.0. The summed E-state index contributed by atoms with van der Waals surface area (Å²) in [6, 6.07) is 0. The van der Waals surface area contributed by atoms with Gasteiger partial charge in [0.25, 0.3) is 11.8 Å². The minimum atomic E-state index is -1.15. The molecule has 2 amide bonds. The maximum absolute atomic E-state index is 11.4. The van der Waals surface area contributed by atoms with Crippen molar-refractivity contribution in [1.82, 2.24) is 4.90 Å². The van der Waals surface area contributed by atoms with Crippen LogP contribution in [0.2, 0.25) is 0 Å². The van der Waals surface area contributed by atoms with Gasteiger partial charge in [-0.15, -0.1) is 0 Å². The molecule has 0 aromatic carbocycles. The Balaban J connectivity index is 0.000000541. The molecule has 0 atom stereocenters. The molecule has 0 spiro atoms. The van der Waals surface area contributed by atoms with Gasteiger partial charge in [0.15, 0.2) is 0 Å². The Bertz CT molecular complexity index is 435. The summed E-state index contributed by atoms with van der Waals surface area (Å²) in [7, 11) is 0. The zero-order valence-electron chi connectivity index (χ0n) is 12.4. The molecule has 1 fully saturated rings. The van der Waals surface area contributed by atoms with Gasteiger partial charge in [-0.25, -0.2) is 0 Å². The molecule has 8 heteroatoms. The van der Waals surface area contributed by atoms with Gasteiger partial charge in [0.2, 0.25) is 0 Å². The van der Waals surface area contributed by atoms with Crippen LogP contribution in [0.1, 0.15) is 25.7 Å². The molecule has 0 saturated heterocycles. The van der Waals surface area contributed by atoms with Crippen LogP contribution in [0.25, 0.3) is 0 Å². The van der Waals surface area contributed by atoms with Crippen LogP contribution in [0.5, 0.6) is 0 Å². The van der Waals surface area contributed by atoms with Gasteiger partial charge >= 0.3 is 5.97 Å². The number of hydrogen-bond acceptors (Lipinski definition) is 6. The predicted molar refractivity (Wildman–Crippen MR) is 78.5 cm³/mol. The molecule has 0 aromatic heterocycles. The number of hydrogen-bond donors (Lipinski definition) is 4. The van der Waals surface area contributed by atoms with Crippen molar-refractivity contribution in [2.75, 3.05) is 19.7 Å². The Morgan fingerprint density at radius 2 is 1.73 bits per heavy atom. The van der Waals surface area contributed by atoms with E-state index in [4.69, 9.17) is 21.7 Å². The number of carboxylic acid groups (broad SMARTS) is 1. The van der Waals surface area contributed by atoms with Crippen molar-refractivity contribution in [3.05, 3.63) is 12.2 Å². The molecule has 0 radical (unpaired) electrons. The number of carbonyl (C=O) groups excluding carboxylic acids is 2. The fourth-order valence-corrected chi connectivity index (χ4v) is 2.46. The maximum Gasteiger partial charge on any atom is 0.323 e. The van der Waals surface area contributed by atoms with Crippen molar-refractivity contribution in [3.63, 3.8) is 0 Å². The molecule has 22 heavy (non-hydrogen) atoms. The lowest BCUT2D eigenvalue weighted by molar-refractivity contribution is -0.146. The summed E-state index contributed by atoms with van der Waals surface area (Å²) in [5.41, 5.74) is 9.40. The van der Waals surface area contributed by atoms with Crippen molar-refractivity contribution in [2.45, 2.75) is 31.2 Å². The van der Waals surface area contributed by atoms with Gasteiger partial charge in [0, 0.05) is 25.2 Å². The van der Waals surface area contributed by atoms with Crippen molar-refractivity contribution in [1.29, 1.82) is 0 Å². The smallest absolute Gasteiger partial charge is 0.323 e.